The zero-order valence-corrected chi connectivity index (χ0v) is 17.3. The van der Waals surface area contributed by atoms with Crippen LogP contribution in [0.2, 0.25) is 0 Å². The first-order valence-electron chi connectivity index (χ1n) is 9.65. The van der Waals surface area contributed by atoms with Gasteiger partial charge < -0.3 is 14.2 Å². The van der Waals surface area contributed by atoms with E-state index in [0.29, 0.717) is 24.0 Å². The van der Waals surface area contributed by atoms with Crippen molar-refractivity contribution in [2.75, 3.05) is 51.5 Å². The van der Waals surface area contributed by atoms with Crippen molar-refractivity contribution in [1.82, 2.24) is 9.88 Å². The number of ether oxygens (including phenoxy) is 3. The van der Waals surface area contributed by atoms with Crippen molar-refractivity contribution < 1.29 is 19.0 Å². The molecule has 1 fully saturated rings. The fourth-order valence-corrected chi connectivity index (χ4v) is 3.42. The molecule has 9 heteroatoms. The Balaban J connectivity index is 1.44. The van der Waals surface area contributed by atoms with Gasteiger partial charge in [0, 0.05) is 25.0 Å². The van der Waals surface area contributed by atoms with Crippen molar-refractivity contribution in [3.63, 3.8) is 0 Å². The van der Waals surface area contributed by atoms with E-state index in [0.717, 1.165) is 44.2 Å². The highest BCUT2D eigenvalue weighted by molar-refractivity contribution is 7.13. The van der Waals surface area contributed by atoms with Gasteiger partial charge in [0.2, 0.25) is 5.13 Å². The predicted molar refractivity (Wildman–Crippen MR) is 113 cm³/mol. The summed E-state index contributed by atoms with van der Waals surface area (Å²) in [7, 11) is 0. The molecular weight excluding hydrogens is 392 g/mol. The molecule has 1 aliphatic rings. The molecule has 1 aromatic heterocycles. The molecule has 0 saturated carbocycles. The second-order valence-corrected chi connectivity index (χ2v) is 7.23. The zero-order valence-electron chi connectivity index (χ0n) is 16.5. The molecule has 0 spiro atoms. The lowest BCUT2D eigenvalue weighted by atomic mass is 10.2. The fourth-order valence-electron chi connectivity index (χ4n) is 2.76. The van der Waals surface area contributed by atoms with Crippen molar-refractivity contribution in [3.05, 3.63) is 40.9 Å². The third-order valence-corrected chi connectivity index (χ3v) is 4.99. The predicted octanol–water partition coefficient (Wildman–Crippen LogP) is 2.41. The van der Waals surface area contributed by atoms with Crippen LogP contribution in [0.3, 0.4) is 0 Å². The average molecular weight is 419 g/mol. The second-order valence-electron chi connectivity index (χ2n) is 6.37. The van der Waals surface area contributed by atoms with Crippen molar-refractivity contribution in [3.8, 4) is 5.75 Å². The summed E-state index contributed by atoms with van der Waals surface area (Å²) < 4.78 is 16.1. The minimum Gasteiger partial charge on any atom is -0.492 e. The van der Waals surface area contributed by atoms with Crippen LogP contribution in [0.25, 0.3) is 0 Å². The standard InChI is InChI=1S/C20H26N4O4S/c1-2-27-19(25)13-17-15-29-20(22-17)23-21-14-16-4-3-5-18(12-16)28-11-8-24-6-9-26-10-7-24/h3-5,12,14-15H,2,6-11,13H2,1H3,(H,22,23). The van der Waals surface area contributed by atoms with Gasteiger partial charge in [0.15, 0.2) is 0 Å². The minimum atomic E-state index is -0.279. The Morgan fingerprint density at radius 2 is 2.28 bits per heavy atom. The van der Waals surface area contributed by atoms with Crippen LogP contribution in [0, 0.1) is 0 Å². The van der Waals surface area contributed by atoms with Crippen molar-refractivity contribution >= 4 is 28.7 Å². The molecule has 0 amide bonds. The van der Waals surface area contributed by atoms with Crippen molar-refractivity contribution in [1.29, 1.82) is 0 Å². The number of rotatable bonds is 10. The van der Waals surface area contributed by atoms with E-state index in [1.807, 2.05) is 29.6 Å². The summed E-state index contributed by atoms with van der Waals surface area (Å²) in [4.78, 5) is 18.1. The van der Waals surface area contributed by atoms with E-state index < -0.39 is 0 Å². The van der Waals surface area contributed by atoms with Crippen LogP contribution < -0.4 is 10.2 Å². The Kier molecular flexibility index (Phi) is 8.41. The van der Waals surface area contributed by atoms with Crippen LogP contribution >= 0.6 is 11.3 Å². The van der Waals surface area contributed by atoms with Crippen LogP contribution in [0.15, 0.2) is 34.7 Å². The van der Waals surface area contributed by atoms with Crippen LogP contribution in [0.1, 0.15) is 18.2 Å². The number of hydrazone groups is 1. The fraction of sp³-hybridized carbons (Fsp3) is 0.450. The van der Waals surface area contributed by atoms with Crippen LogP contribution in [0.5, 0.6) is 5.75 Å². The number of hydrogen-bond acceptors (Lipinski definition) is 9. The molecule has 2 heterocycles. The quantitative estimate of drug-likeness (QED) is 0.360. The normalized spacial score (nSPS) is 14.8. The number of benzene rings is 1. The highest BCUT2D eigenvalue weighted by Gasteiger charge is 2.10. The van der Waals surface area contributed by atoms with Crippen LogP contribution in [-0.4, -0.2) is 68.1 Å². The lowest BCUT2D eigenvalue weighted by Gasteiger charge is -2.26. The number of morpholine rings is 1. The molecule has 156 valence electrons. The van der Waals surface area contributed by atoms with E-state index >= 15 is 0 Å². The molecule has 0 aliphatic carbocycles. The maximum absolute atomic E-state index is 11.5. The third kappa shape index (κ3) is 7.45. The third-order valence-electron chi connectivity index (χ3n) is 4.19. The van der Waals surface area contributed by atoms with Gasteiger partial charge in [-0.2, -0.15) is 5.10 Å². The Morgan fingerprint density at radius 3 is 3.10 bits per heavy atom. The summed E-state index contributed by atoms with van der Waals surface area (Å²) >= 11 is 1.39. The van der Waals surface area contributed by atoms with E-state index in [4.69, 9.17) is 14.2 Å². The number of carbonyl (C=O) groups excluding carboxylic acids is 1. The number of thiazole rings is 1. The molecule has 3 rings (SSSR count). The SMILES string of the molecule is CCOC(=O)Cc1csc(NN=Cc2cccc(OCCN3CCOCC3)c2)n1. The topological polar surface area (TPSA) is 85.3 Å². The zero-order chi connectivity index (χ0) is 20.3. The Morgan fingerprint density at radius 1 is 1.41 bits per heavy atom. The van der Waals surface area contributed by atoms with E-state index in [2.05, 4.69) is 20.4 Å². The minimum absolute atomic E-state index is 0.166. The number of carbonyl (C=O) groups is 1. The highest BCUT2D eigenvalue weighted by atomic mass is 32.1. The molecule has 1 N–H and O–H groups in total. The first kappa shape index (κ1) is 21.2. The first-order valence-corrected chi connectivity index (χ1v) is 10.5. The summed E-state index contributed by atoms with van der Waals surface area (Å²) in [6, 6.07) is 7.77. The highest BCUT2D eigenvalue weighted by Crippen LogP contribution is 2.16. The summed E-state index contributed by atoms with van der Waals surface area (Å²) in [5.74, 6) is 0.534. The van der Waals surface area contributed by atoms with Gasteiger partial charge in [-0.3, -0.25) is 15.1 Å². The van der Waals surface area contributed by atoms with E-state index in [1.165, 1.54) is 11.3 Å². The summed E-state index contributed by atoms with van der Waals surface area (Å²) in [6.07, 6.45) is 1.88. The molecule has 0 unspecified atom stereocenters. The molecule has 29 heavy (non-hydrogen) atoms. The number of anilines is 1. The molecule has 0 atom stereocenters. The summed E-state index contributed by atoms with van der Waals surface area (Å²) in [5.41, 5.74) is 4.48. The van der Waals surface area contributed by atoms with Gasteiger partial charge in [-0.15, -0.1) is 11.3 Å². The average Bonchev–Trinajstić information content (AvgIpc) is 3.16. The van der Waals surface area contributed by atoms with Gasteiger partial charge >= 0.3 is 5.97 Å². The number of nitrogens with zero attached hydrogens (tertiary/aromatic N) is 3. The summed E-state index contributed by atoms with van der Waals surface area (Å²) in [5, 5.41) is 6.66. The Bertz CT molecular complexity index is 805. The lowest BCUT2D eigenvalue weighted by molar-refractivity contribution is -0.142. The lowest BCUT2D eigenvalue weighted by Crippen LogP contribution is -2.38. The Hall–Kier alpha value is -2.49. The first-order chi connectivity index (χ1) is 14.2. The van der Waals surface area contributed by atoms with Crippen molar-refractivity contribution in [2.45, 2.75) is 13.3 Å². The number of hydrogen-bond donors (Lipinski definition) is 1. The maximum atomic E-state index is 11.5. The smallest absolute Gasteiger partial charge is 0.311 e. The maximum Gasteiger partial charge on any atom is 0.311 e. The van der Waals surface area contributed by atoms with Crippen LogP contribution in [0.4, 0.5) is 5.13 Å². The number of nitrogens with one attached hydrogen (secondary N) is 1. The van der Waals surface area contributed by atoms with Gasteiger partial charge in [-0.1, -0.05) is 12.1 Å². The number of aromatic nitrogens is 1. The number of esters is 1. The molecule has 0 radical (unpaired) electrons. The molecule has 1 aliphatic heterocycles. The van der Waals surface area contributed by atoms with Gasteiger partial charge in [0.1, 0.15) is 12.4 Å². The monoisotopic (exact) mass is 418 g/mol. The van der Waals surface area contributed by atoms with E-state index in [9.17, 15) is 4.79 Å². The largest absolute Gasteiger partial charge is 0.492 e. The van der Waals surface area contributed by atoms with E-state index in [-0.39, 0.29) is 12.4 Å². The van der Waals surface area contributed by atoms with Gasteiger partial charge in [0.05, 0.1) is 38.1 Å². The van der Waals surface area contributed by atoms with E-state index in [1.54, 1.807) is 13.1 Å². The molecule has 1 saturated heterocycles. The molecule has 1 aromatic carbocycles. The van der Waals surface area contributed by atoms with Crippen LogP contribution in [-0.2, 0) is 20.7 Å². The molecule has 8 nitrogen and oxygen atoms in total. The van der Waals surface area contributed by atoms with Gasteiger partial charge in [-0.05, 0) is 24.6 Å². The van der Waals surface area contributed by atoms with Gasteiger partial charge in [-0.25, -0.2) is 4.98 Å². The molecular formula is C20H26N4O4S. The van der Waals surface area contributed by atoms with Crippen molar-refractivity contribution in [2.24, 2.45) is 5.10 Å². The molecule has 0 bridgehead atoms. The summed E-state index contributed by atoms with van der Waals surface area (Å²) in [6.45, 7) is 7.19. The second kappa shape index (κ2) is 11.5. The molecule has 2 aromatic rings. The van der Waals surface area contributed by atoms with Gasteiger partial charge in [0.25, 0.3) is 0 Å². The Labute approximate surface area is 174 Å².